The van der Waals surface area contributed by atoms with Gasteiger partial charge in [-0.15, -0.1) is 0 Å². The number of halogens is 1. The zero-order valence-electron chi connectivity index (χ0n) is 11.1. The molecule has 0 spiro atoms. The van der Waals surface area contributed by atoms with Crippen LogP contribution in [0.1, 0.15) is 25.7 Å². The highest BCUT2D eigenvalue weighted by Crippen LogP contribution is 2.28. The van der Waals surface area contributed by atoms with E-state index in [9.17, 15) is 12.8 Å². The molecular formula is C13H18FNO3S. The van der Waals surface area contributed by atoms with Gasteiger partial charge in [0, 0.05) is 13.1 Å². The van der Waals surface area contributed by atoms with Crippen LogP contribution >= 0.6 is 0 Å². The summed E-state index contributed by atoms with van der Waals surface area (Å²) in [5.41, 5.74) is 0. The van der Waals surface area contributed by atoms with Crippen molar-refractivity contribution in [1.29, 1.82) is 0 Å². The Kier molecular flexibility index (Phi) is 4.10. The molecule has 0 aromatic heterocycles. The van der Waals surface area contributed by atoms with Gasteiger partial charge in [0.2, 0.25) is 10.0 Å². The van der Waals surface area contributed by atoms with Crippen molar-refractivity contribution in [3.8, 4) is 5.75 Å². The lowest BCUT2D eigenvalue weighted by Gasteiger charge is -2.23. The highest BCUT2D eigenvalue weighted by molar-refractivity contribution is 7.89. The number of benzene rings is 1. The molecule has 19 heavy (non-hydrogen) atoms. The second kappa shape index (κ2) is 5.46. The summed E-state index contributed by atoms with van der Waals surface area (Å²) >= 11 is 0. The Hall–Kier alpha value is -1.14. The molecule has 4 nitrogen and oxygen atoms in total. The van der Waals surface area contributed by atoms with E-state index in [4.69, 9.17) is 4.74 Å². The van der Waals surface area contributed by atoms with Crippen molar-refractivity contribution in [1.82, 2.24) is 4.31 Å². The fourth-order valence-electron chi connectivity index (χ4n) is 2.44. The minimum atomic E-state index is -3.63. The van der Waals surface area contributed by atoms with Crippen LogP contribution in [0.2, 0.25) is 0 Å². The van der Waals surface area contributed by atoms with Gasteiger partial charge in [0.1, 0.15) is 0 Å². The molecule has 0 atom stereocenters. The smallest absolute Gasteiger partial charge is 0.243 e. The zero-order valence-corrected chi connectivity index (χ0v) is 11.9. The van der Waals surface area contributed by atoms with Crippen LogP contribution in [-0.4, -0.2) is 32.9 Å². The normalized spacial score (nSPS) is 17.1. The van der Waals surface area contributed by atoms with Gasteiger partial charge in [-0.05, 0) is 31.0 Å². The molecule has 106 valence electrons. The van der Waals surface area contributed by atoms with Crippen LogP contribution in [0.3, 0.4) is 0 Å². The minimum absolute atomic E-state index is 0.0233. The molecule has 2 rings (SSSR count). The first-order valence-electron chi connectivity index (χ1n) is 6.28. The maximum Gasteiger partial charge on any atom is 0.243 e. The Bertz CT molecular complexity index is 553. The maximum atomic E-state index is 13.6. The van der Waals surface area contributed by atoms with Gasteiger partial charge in [-0.25, -0.2) is 12.8 Å². The molecule has 1 aliphatic rings. The first-order valence-corrected chi connectivity index (χ1v) is 7.72. The molecule has 0 bridgehead atoms. The molecule has 1 saturated carbocycles. The van der Waals surface area contributed by atoms with Crippen molar-refractivity contribution in [3.63, 3.8) is 0 Å². The molecule has 1 fully saturated rings. The van der Waals surface area contributed by atoms with Crippen molar-refractivity contribution >= 4 is 10.0 Å². The number of sulfonamides is 1. The van der Waals surface area contributed by atoms with Crippen LogP contribution in [0.25, 0.3) is 0 Å². The van der Waals surface area contributed by atoms with Gasteiger partial charge in [0.25, 0.3) is 0 Å². The predicted octanol–water partition coefficient (Wildman–Crippen LogP) is 2.40. The Morgan fingerprint density at radius 2 is 1.95 bits per heavy atom. The third kappa shape index (κ3) is 2.74. The molecule has 0 saturated heterocycles. The molecular weight excluding hydrogens is 269 g/mol. The van der Waals surface area contributed by atoms with Gasteiger partial charge in [-0.1, -0.05) is 12.8 Å². The average Bonchev–Trinajstić information content (AvgIpc) is 2.91. The van der Waals surface area contributed by atoms with Crippen LogP contribution in [0.5, 0.6) is 5.75 Å². The van der Waals surface area contributed by atoms with E-state index >= 15 is 0 Å². The van der Waals surface area contributed by atoms with Gasteiger partial charge in [0.15, 0.2) is 11.6 Å². The summed E-state index contributed by atoms with van der Waals surface area (Å²) in [5, 5.41) is 0. The molecule has 0 unspecified atom stereocenters. The summed E-state index contributed by atoms with van der Waals surface area (Å²) in [5.74, 6) is -0.620. The third-order valence-electron chi connectivity index (χ3n) is 3.64. The van der Waals surface area contributed by atoms with E-state index in [1.165, 1.54) is 23.5 Å². The van der Waals surface area contributed by atoms with Crippen molar-refractivity contribution in [2.24, 2.45) is 0 Å². The lowest BCUT2D eigenvalue weighted by molar-refractivity contribution is 0.371. The fourth-order valence-corrected chi connectivity index (χ4v) is 3.87. The summed E-state index contributed by atoms with van der Waals surface area (Å²) in [6.07, 6.45) is 3.83. The van der Waals surface area contributed by atoms with Crippen LogP contribution in [0, 0.1) is 5.82 Å². The van der Waals surface area contributed by atoms with E-state index in [2.05, 4.69) is 0 Å². The molecule has 1 aliphatic carbocycles. The van der Waals surface area contributed by atoms with Crippen LogP contribution in [-0.2, 0) is 10.0 Å². The van der Waals surface area contributed by atoms with E-state index in [0.717, 1.165) is 31.7 Å². The lowest BCUT2D eigenvalue weighted by atomic mass is 10.3. The predicted molar refractivity (Wildman–Crippen MR) is 70.2 cm³/mol. The fraction of sp³-hybridized carbons (Fsp3) is 0.538. The largest absolute Gasteiger partial charge is 0.494 e. The van der Waals surface area contributed by atoms with Crippen LogP contribution in [0.15, 0.2) is 23.1 Å². The number of methoxy groups -OCH3 is 1. The Labute approximate surface area is 113 Å². The SMILES string of the molecule is COc1ccc(S(=O)(=O)N(C)C2CCCC2)cc1F. The summed E-state index contributed by atoms with van der Waals surface area (Å²) in [6.45, 7) is 0. The summed E-state index contributed by atoms with van der Waals surface area (Å²) < 4.78 is 44.5. The van der Waals surface area contributed by atoms with Gasteiger partial charge in [-0.3, -0.25) is 0 Å². The summed E-state index contributed by atoms with van der Waals surface area (Å²) in [4.78, 5) is -0.0276. The van der Waals surface area contributed by atoms with Gasteiger partial charge >= 0.3 is 0 Å². The average molecular weight is 287 g/mol. The van der Waals surface area contributed by atoms with E-state index < -0.39 is 15.8 Å². The third-order valence-corrected chi connectivity index (χ3v) is 5.55. The maximum absolute atomic E-state index is 13.6. The number of hydrogen-bond acceptors (Lipinski definition) is 3. The quantitative estimate of drug-likeness (QED) is 0.854. The van der Waals surface area contributed by atoms with Crippen LogP contribution in [0.4, 0.5) is 4.39 Å². The summed E-state index contributed by atoms with van der Waals surface area (Å²) in [6, 6.07) is 3.75. The van der Waals surface area contributed by atoms with Gasteiger partial charge < -0.3 is 4.74 Å². The number of nitrogens with zero attached hydrogens (tertiary/aromatic N) is 1. The number of rotatable bonds is 4. The standard InChI is InChI=1S/C13H18FNO3S/c1-15(10-5-3-4-6-10)19(16,17)11-7-8-13(18-2)12(14)9-11/h7-10H,3-6H2,1-2H3. The van der Waals surface area contributed by atoms with Crippen molar-refractivity contribution in [2.75, 3.05) is 14.2 Å². The van der Waals surface area contributed by atoms with E-state index in [1.54, 1.807) is 7.05 Å². The molecule has 6 heteroatoms. The Morgan fingerprint density at radius 3 is 2.47 bits per heavy atom. The van der Waals surface area contributed by atoms with Crippen molar-refractivity contribution in [2.45, 2.75) is 36.6 Å². The molecule has 0 N–H and O–H groups in total. The van der Waals surface area contributed by atoms with E-state index in [0.29, 0.717) is 0 Å². The van der Waals surface area contributed by atoms with E-state index in [1.807, 2.05) is 0 Å². The number of ether oxygens (including phenoxy) is 1. The first-order chi connectivity index (χ1) is 8.96. The number of hydrogen-bond donors (Lipinski definition) is 0. The molecule has 0 radical (unpaired) electrons. The molecule has 0 aliphatic heterocycles. The minimum Gasteiger partial charge on any atom is -0.494 e. The lowest BCUT2D eigenvalue weighted by Crippen LogP contribution is -2.35. The monoisotopic (exact) mass is 287 g/mol. The Morgan fingerprint density at radius 1 is 1.32 bits per heavy atom. The first kappa shape index (κ1) is 14.3. The topological polar surface area (TPSA) is 46.6 Å². The van der Waals surface area contributed by atoms with Crippen LogP contribution < -0.4 is 4.74 Å². The molecule has 0 heterocycles. The highest BCUT2D eigenvalue weighted by Gasteiger charge is 2.30. The molecule has 1 aromatic rings. The summed E-state index contributed by atoms with van der Waals surface area (Å²) in [7, 11) is -0.725. The second-order valence-electron chi connectivity index (χ2n) is 4.76. The Balaban J connectivity index is 2.30. The van der Waals surface area contributed by atoms with Gasteiger partial charge in [0.05, 0.1) is 12.0 Å². The molecule has 0 amide bonds. The van der Waals surface area contributed by atoms with E-state index in [-0.39, 0.29) is 16.7 Å². The van der Waals surface area contributed by atoms with Gasteiger partial charge in [-0.2, -0.15) is 4.31 Å². The highest BCUT2D eigenvalue weighted by atomic mass is 32.2. The zero-order chi connectivity index (χ0) is 14.0. The van der Waals surface area contributed by atoms with Crippen molar-refractivity contribution < 1.29 is 17.5 Å². The second-order valence-corrected chi connectivity index (χ2v) is 6.75. The molecule has 1 aromatic carbocycles. The van der Waals surface area contributed by atoms with Crippen molar-refractivity contribution in [3.05, 3.63) is 24.0 Å².